The molecule has 0 bridgehead atoms. The number of ether oxygens (including phenoxy) is 1. The molecule has 0 radical (unpaired) electrons. The molecule has 1 saturated heterocycles. The van der Waals surface area contributed by atoms with E-state index in [1.165, 1.54) is 0 Å². The van der Waals surface area contributed by atoms with E-state index in [-0.39, 0.29) is 5.91 Å². The van der Waals surface area contributed by atoms with E-state index in [1.54, 1.807) is 0 Å². The Hall–Kier alpha value is -1.43. The highest BCUT2D eigenvalue weighted by molar-refractivity contribution is 5.91. The lowest BCUT2D eigenvalue weighted by Gasteiger charge is -2.32. The summed E-state index contributed by atoms with van der Waals surface area (Å²) in [7, 11) is 0. The van der Waals surface area contributed by atoms with Crippen LogP contribution in [-0.4, -0.2) is 43.2 Å². The molecule has 1 amide bonds. The Morgan fingerprint density at radius 1 is 1.50 bits per heavy atom. The first kappa shape index (κ1) is 15.0. The average molecular weight is 277 g/mol. The number of benzene rings is 1. The number of rotatable bonds is 5. The summed E-state index contributed by atoms with van der Waals surface area (Å²) in [6.45, 7) is 5.71. The molecule has 2 rings (SSSR count). The minimum Gasteiger partial charge on any atom is -0.379 e. The number of nitrogens with one attached hydrogen (secondary N) is 1. The number of nitrogens with two attached hydrogens (primary N) is 1. The summed E-state index contributed by atoms with van der Waals surface area (Å²) in [5, 5.41) is 2.94. The van der Waals surface area contributed by atoms with E-state index < -0.39 is 0 Å². The Labute approximate surface area is 120 Å². The molecule has 5 heteroatoms. The van der Waals surface area contributed by atoms with Gasteiger partial charge in [0.25, 0.3) is 0 Å². The maximum atomic E-state index is 12.0. The van der Waals surface area contributed by atoms with Crippen molar-refractivity contribution >= 4 is 11.6 Å². The summed E-state index contributed by atoms with van der Waals surface area (Å²) in [5.41, 5.74) is 7.44. The minimum absolute atomic E-state index is 0.0320. The lowest BCUT2D eigenvalue weighted by atomic mass is 10.1. The topological polar surface area (TPSA) is 67.6 Å². The number of morpholine rings is 1. The Kier molecular flexibility index (Phi) is 5.52. The van der Waals surface area contributed by atoms with Crippen LogP contribution in [0.2, 0.25) is 0 Å². The normalized spacial score (nSPS) is 19.8. The van der Waals surface area contributed by atoms with Crippen LogP contribution in [0.1, 0.15) is 18.9 Å². The maximum Gasteiger partial charge on any atom is 0.225 e. The van der Waals surface area contributed by atoms with Crippen LogP contribution in [0.15, 0.2) is 24.3 Å². The van der Waals surface area contributed by atoms with E-state index in [2.05, 4.69) is 17.1 Å². The molecule has 0 saturated carbocycles. The van der Waals surface area contributed by atoms with Crippen LogP contribution in [0.3, 0.4) is 0 Å². The van der Waals surface area contributed by atoms with E-state index in [9.17, 15) is 4.79 Å². The maximum absolute atomic E-state index is 12.0. The van der Waals surface area contributed by atoms with Gasteiger partial charge < -0.3 is 15.8 Å². The monoisotopic (exact) mass is 277 g/mol. The predicted octanol–water partition coefficient (Wildman–Crippen LogP) is 1.19. The molecule has 3 N–H and O–H groups in total. The van der Waals surface area contributed by atoms with Crippen molar-refractivity contribution in [2.75, 3.05) is 31.6 Å². The molecule has 1 atom stereocenters. The first-order chi connectivity index (χ1) is 9.70. The molecule has 5 nitrogen and oxygen atoms in total. The number of hydrogen-bond acceptors (Lipinski definition) is 4. The largest absolute Gasteiger partial charge is 0.379 e. The number of nitrogens with zero attached hydrogens (tertiary/aromatic N) is 1. The second-order valence-electron chi connectivity index (χ2n) is 5.12. The first-order valence-corrected chi connectivity index (χ1v) is 7.10. The molecule has 20 heavy (non-hydrogen) atoms. The first-order valence-electron chi connectivity index (χ1n) is 7.10. The summed E-state index contributed by atoms with van der Waals surface area (Å²) in [6.07, 6.45) is 0.489. The predicted molar refractivity (Wildman–Crippen MR) is 79.4 cm³/mol. The van der Waals surface area contributed by atoms with Gasteiger partial charge in [-0.3, -0.25) is 9.69 Å². The summed E-state index contributed by atoms with van der Waals surface area (Å²) in [5.74, 6) is 0.0320. The minimum atomic E-state index is 0.0320. The Morgan fingerprint density at radius 3 is 3.05 bits per heavy atom. The molecule has 0 spiro atoms. The van der Waals surface area contributed by atoms with Gasteiger partial charge in [0.1, 0.15) is 0 Å². The van der Waals surface area contributed by atoms with Gasteiger partial charge in [-0.1, -0.05) is 18.2 Å². The Bertz CT molecular complexity index is 450. The van der Waals surface area contributed by atoms with Crippen molar-refractivity contribution < 1.29 is 9.53 Å². The van der Waals surface area contributed by atoms with Crippen LogP contribution in [-0.2, 0) is 16.1 Å². The van der Waals surface area contributed by atoms with Crippen molar-refractivity contribution in [3.05, 3.63) is 29.8 Å². The third kappa shape index (κ3) is 4.03. The van der Waals surface area contributed by atoms with Gasteiger partial charge in [0.15, 0.2) is 0 Å². The molecule has 1 fully saturated rings. The van der Waals surface area contributed by atoms with E-state index in [0.29, 0.717) is 19.0 Å². The molecule has 1 aromatic rings. The van der Waals surface area contributed by atoms with Crippen LogP contribution in [0.25, 0.3) is 0 Å². The summed E-state index contributed by atoms with van der Waals surface area (Å²) < 4.78 is 5.39. The molecule has 0 aliphatic carbocycles. The number of carbonyl (C=O) groups excluding carboxylic acids is 1. The van der Waals surface area contributed by atoms with Crippen molar-refractivity contribution in [2.24, 2.45) is 5.73 Å². The van der Waals surface area contributed by atoms with Gasteiger partial charge in [-0.05, 0) is 18.6 Å². The quantitative estimate of drug-likeness (QED) is 0.848. The zero-order chi connectivity index (χ0) is 14.4. The van der Waals surface area contributed by atoms with Crippen LogP contribution >= 0.6 is 0 Å². The zero-order valence-electron chi connectivity index (χ0n) is 12.0. The van der Waals surface area contributed by atoms with Crippen LogP contribution in [0, 0.1) is 0 Å². The van der Waals surface area contributed by atoms with E-state index in [0.717, 1.165) is 37.6 Å². The molecular formula is C15H23N3O2. The number of amides is 1. The van der Waals surface area contributed by atoms with Crippen molar-refractivity contribution in [3.63, 3.8) is 0 Å². The second kappa shape index (κ2) is 7.38. The smallest absolute Gasteiger partial charge is 0.225 e. The summed E-state index contributed by atoms with van der Waals surface area (Å²) >= 11 is 0. The lowest BCUT2D eigenvalue weighted by molar-refractivity contribution is -0.117. The Morgan fingerprint density at radius 2 is 2.30 bits per heavy atom. The van der Waals surface area contributed by atoms with Gasteiger partial charge in [0.05, 0.1) is 13.2 Å². The van der Waals surface area contributed by atoms with Gasteiger partial charge in [-0.2, -0.15) is 0 Å². The summed E-state index contributed by atoms with van der Waals surface area (Å²) in [6, 6.07) is 8.02. The van der Waals surface area contributed by atoms with Crippen molar-refractivity contribution in [1.29, 1.82) is 0 Å². The molecule has 1 heterocycles. The SMILES string of the molecule is CC1COCCN1CCC(=O)Nc1ccccc1CN. The zero-order valence-corrected chi connectivity index (χ0v) is 12.0. The van der Waals surface area contributed by atoms with Crippen molar-refractivity contribution in [1.82, 2.24) is 4.90 Å². The standard InChI is InChI=1S/C15H23N3O2/c1-12-11-20-9-8-18(12)7-6-15(19)17-14-5-3-2-4-13(14)10-16/h2-5,12H,6-11,16H2,1H3,(H,17,19). The van der Waals surface area contributed by atoms with E-state index in [1.807, 2.05) is 24.3 Å². The lowest BCUT2D eigenvalue weighted by Crippen LogP contribution is -2.44. The molecule has 110 valence electrons. The highest BCUT2D eigenvalue weighted by atomic mass is 16.5. The van der Waals surface area contributed by atoms with Crippen LogP contribution in [0.4, 0.5) is 5.69 Å². The molecule has 1 aliphatic rings. The Balaban J connectivity index is 1.83. The molecular weight excluding hydrogens is 254 g/mol. The van der Waals surface area contributed by atoms with Crippen molar-refractivity contribution in [3.8, 4) is 0 Å². The highest BCUT2D eigenvalue weighted by Crippen LogP contribution is 2.14. The molecule has 1 aliphatic heterocycles. The molecule has 0 aromatic heterocycles. The number of hydrogen-bond donors (Lipinski definition) is 2. The fraction of sp³-hybridized carbons (Fsp3) is 0.533. The van der Waals surface area contributed by atoms with Gasteiger partial charge >= 0.3 is 0 Å². The fourth-order valence-electron chi connectivity index (χ4n) is 2.37. The van der Waals surface area contributed by atoms with Crippen molar-refractivity contribution in [2.45, 2.75) is 25.9 Å². The second-order valence-corrected chi connectivity index (χ2v) is 5.12. The van der Waals surface area contributed by atoms with Gasteiger partial charge in [-0.25, -0.2) is 0 Å². The third-order valence-corrected chi connectivity index (χ3v) is 3.64. The fourth-order valence-corrected chi connectivity index (χ4v) is 2.37. The number of anilines is 1. The molecule has 1 aromatic carbocycles. The van der Waals surface area contributed by atoms with Crippen LogP contribution in [0.5, 0.6) is 0 Å². The third-order valence-electron chi connectivity index (χ3n) is 3.64. The van der Waals surface area contributed by atoms with Gasteiger partial charge in [0, 0.05) is 37.8 Å². The highest BCUT2D eigenvalue weighted by Gasteiger charge is 2.19. The summed E-state index contributed by atoms with van der Waals surface area (Å²) in [4.78, 5) is 14.3. The molecule has 1 unspecified atom stereocenters. The van der Waals surface area contributed by atoms with Gasteiger partial charge in [-0.15, -0.1) is 0 Å². The van der Waals surface area contributed by atoms with E-state index >= 15 is 0 Å². The van der Waals surface area contributed by atoms with Gasteiger partial charge in [0.2, 0.25) is 5.91 Å². The average Bonchev–Trinajstić information content (AvgIpc) is 2.47. The van der Waals surface area contributed by atoms with Crippen LogP contribution < -0.4 is 11.1 Å². The number of carbonyl (C=O) groups is 1. The van der Waals surface area contributed by atoms with E-state index in [4.69, 9.17) is 10.5 Å². The number of para-hydroxylation sites is 1.